The van der Waals surface area contributed by atoms with Gasteiger partial charge in [0, 0.05) is 19.5 Å². The highest BCUT2D eigenvalue weighted by molar-refractivity contribution is 7.13. The smallest absolute Gasteiger partial charge is 0.309 e. The van der Waals surface area contributed by atoms with Crippen LogP contribution in [0.3, 0.4) is 0 Å². The molecule has 1 atom stereocenters. The molecule has 1 spiro atoms. The number of carbonyl (C=O) groups is 3. The fourth-order valence-corrected chi connectivity index (χ4v) is 4.46. The number of aromatic nitrogens is 1. The van der Waals surface area contributed by atoms with Crippen molar-refractivity contribution in [1.82, 2.24) is 15.2 Å². The predicted octanol–water partition coefficient (Wildman–Crippen LogP) is 0.955. The van der Waals surface area contributed by atoms with E-state index in [4.69, 9.17) is 0 Å². The average molecular weight is 337 g/mol. The summed E-state index contributed by atoms with van der Waals surface area (Å²) in [5.74, 6) is -1.93. The lowest BCUT2D eigenvalue weighted by Crippen LogP contribution is -2.56. The summed E-state index contributed by atoms with van der Waals surface area (Å²) in [6, 6.07) is 0. The van der Waals surface area contributed by atoms with Crippen LogP contribution in [0, 0.1) is 19.8 Å². The van der Waals surface area contributed by atoms with Gasteiger partial charge in [0.2, 0.25) is 5.91 Å². The molecule has 0 aromatic carbocycles. The van der Waals surface area contributed by atoms with E-state index in [2.05, 4.69) is 10.3 Å². The van der Waals surface area contributed by atoms with Crippen LogP contribution >= 0.6 is 11.3 Å². The monoisotopic (exact) mass is 337 g/mol. The first-order valence-corrected chi connectivity index (χ1v) is 8.41. The molecule has 2 aliphatic rings. The Labute approximate surface area is 137 Å². The van der Waals surface area contributed by atoms with Crippen molar-refractivity contribution in [2.45, 2.75) is 38.6 Å². The fraction of sp³-hybridized carbons (Fsp3) is 0.600. The van der Waals surface area contributed by atoms with E-state index in [1.807, 2.05) is 13.8 Å². The molecule has 8 heteroatoms. The van der Waals surface area contributed by atoms with E-state index < -0.39 is 17.4 Å². The molecule has 0 bridgehead atoms. The van der Waals surface area contributed by atoms with Crippen molar-refractivity contribution < 1.29 is 19.5 Å². The van der Waals surface area contributed by atoms with Crippen molar-refractivity contribution in [2.75, 3.05) is 13.1 Å². The molecule has 2 amide bonds. The maximum atomic E-state index is 12.6. The second kappa shape index (κ2) is 5.59. The average Bonchev–Trinajstić information content (AvgIpc) is 2.99. The minimum Gasteiger partial charge on any atom is -0.481 e. The molecular weight excluding hydrogens is 318 g/mol. The Kier molecular flexibility index (Phi) is 3.87. The number of hydrogen-bond donors (Lipinski definition) is 2. The highest BCUT2D eigenvalue weighted by atomic mass is 32.1. The van der Waals surface area contributed by atoms with E-state index >= 15 is 0 Å². The molecule has 0 saturated carbocycles. The molecule has 3 heterocycles. The maximum absolute atomic E-state index is 12.6. The van der Waals surface area contributed by atoms with Crippen molar-refractivity contribution in [1.29, 1.82) is 0 Å². The lowest BCUT2D eigenvalue weighted by atomic mass is 9.77. The van der Waals surface area contributed by atoms with Gasteiger partial charge in [0.1, 0.15) is 4.88 Å². The van der Waals surface area contributed by atoms with Crippen LogP contribution in [0.25, 0.3) is 0 Å². The highest BCUT2D eigenvalue weighted by Gasteiger charge is 2.52. The van der Waals surface area contributed by atoms with Gasteiger partial charge in [-0.15, -0.1) is 11.3 Å². The van der Waals surface area contributed by atoms with Crippen LogP contribution < -0.4 is 5.32 Å². The topological polar surface area (TPSA) is 99.6 Å². The maximum Gasteiger partial charge on any atom is 0.309 e. The van der Waals surface area contributed by atoms with E-state index in [1.54, 1.807) is 4.90 Å². The standard InChI is InChI=1S/C15H19N3O4S/c1-8-12(23-9(2)16-8)13(20)18-5-3-15(4-6-18)10(14(21)22)7-11(19)17-15/h10H,3-7H2,1-2H3,(H,17,19)(H,21,22)/t10-/m1/s1. The molecule has 2 aliphatic heterocycles. The number of aryl methyl sites for hydroxylation is 2. The SMILES string of the molecule is Cc1nc(C)c(C(=O)N2CCC3(CC2)NC(=O)C[C@@H]3C(=O)O)s1. The van der Waals surface area contributed by atoms with Crippen molar-refractivity contribution in [3.8, 4) is 0 Å². The highest BCUT2D eigenvalue weighted by Crippen LogP contribution is 2.37. The van der Waals surface area contributed by atoms with Crippen molar-refractivity contribution in [3.63, 3.8) is 0 Å². The number of amides is 2. The summed E-state index contributed by atoms with van der Waals surface area (Å²) in [5, 5.41) is 13.1. The van der Waals surface area contributed by atoms with Crippen LogP contribution in [0.5, 0.6) is 0 Å². The molecule has 0 unspecified atom stereocenters. The molecule has 2 fully saturated rings. The van der Waals surface area contributed by atoms with Crippen LogP contribution in [-0.4, -0.2) is 51.4 Å². The minimum atomic E-state index is -0.947. The van der Waals surface area contributed by atoms with Crippen LogP contribution in [0.2, 0.25) is 0 Å². The fourth-order valence-electron chi connectivity index (χ4n) is 3.58. The summed E-state index contributed by atoms with van der Waals surface area (Å²) < 4.78 is 0. The molecule has 0 radical (unpaired) electrons. The van der Waals surface area contributed by atoms with Crippen molar-refractivity contribution >= 4 is 29.1 Å². The second-order valence-corrected chi connectivity index (χ2v) is 7.44. The van der Waals surface area contributed by atoms with Gasteiger partial charge in [0.25, 0.3) is 5.91 Å². The summed E-state index contributed by atoms with van der Waals surface area (Å²) in [6.07, 6.45) is 0.965. The van der Waals surface area contributed by atoms with E-state index in [1.165, 1.54) is 11.3 Å². The third kappa shape index (κ3) is 2.71. The van der Waals surface area contributed by atoms with Gasteiger partial charge in [0.05, 0.1) is 22.2 Å². The quantitative estimate of drug-likeness (QED) is 0.837. The van der Waals surface area contributed by atoms with Crippen LogP contribution in [0.15, 0.2) is 0 Å². The number of thiazole rings is 1. The summed E-state index contributed by atoms with van der Waals surface area (Å²) in [6.45, 7) is 4.57. The molecule has 124 valence electrons. The molecule has 1 aromatic rings. The molecule has 2 N–H and O–H groups in total. The summed E-state index contributed by atoms with van der Waals surface area (Å²) in [4.78, 5) is 42.3. The number of aliphatic carboxylic acids is 1. The van der Waals surface area contributed by atoms with Gasteiger partial charge in [-0.05, 0) is 26.7 Å². The van der Waals surface area contributed by atoms with Crippen molar-refractivity contribution in [2.24, 2.45) is 5.92 Å². The second-order valence-electron chi connectivity index (χ2n) is 6.24. The Hall–Kier alpha value is -1.96. The molecular formula is C15H19N3O4S. The zero-order chi connectivity index (χ0) is 16.8. The number of nitrogens with zero attached hydrogens (tertiary/aromatic N) is 2. The Bertz CT molecular complexity index is 676. The van der Waals surface area contributed by atoms with Gasteiger partial charge in [-0.1, -0.05) is 0 Å². The minimum absolute atomic E-state index is 0.0242. The van der Waals surface area contributed by atoms with Crippen molar-refractivity contribution in [3.05, 3.63) is 15.6 Å². The summed E-state index contributed by atoms with van der Waals surface area (Å²) >= 11 is 1.38. The summed E-state index contributed by atoms with van der Waals surface area (Å²) in [7, 11) is 0. The number of rotatable bonds is 2. The molecule has 7 nitrogen and oxygen atoms in total. The summed E-state index contributed by atoms with van der Waals surface area (Å²) in [5.41, 5.74) is 0.0219. The van der Waals surface area contributed by atoms with E-state index in [0.29, 0.717) is 30.8 Å². The number of hydrogen-bond acceptors (Lipinski definition) is 5. The Morgan fingerprint density at radius 2 is 2.00 bits per heavy atom. The van der Waals surface area contributed by atoms with Gasteiger partial charge >= 0.3 is 5.97 Å². The Balaban J connectivity index is 1.73. The van der Waals surface area contributed by atoms with Crippen LogP contribution in [-0.2, 0) is 9.59 Å². The Morgan fingerprint density at radius 1 is 1.35 bits per heavy atom. The van der Waals surface area contributed by atoms with Crippen LogP contribution in [0.1, 0.15) is 39.6 Å². The first-order valence-electron chi connectivity index (χ1n) is 7.59. The van der Waals surface area contributed by atoms with Gasteiger partial charge in [0.15, 0.2) is 0 Å². The van der Waals surface area contributed by atoms with Gasteiger partial charge in [-0.25, -0.2) is 4.98 Å². The third-order valence-electron chi connectivity index (χ3n) is 4.78. The first kappa shape index (κ1) is 15.9. The molecule has 1 aromatic heterocycles. The zero-order valence-electron chi connectivity index (χ0n) is 13.1. The van der Waals surface area contributed by atoms with Gasteiger partial charge in [-0.2, -0.15) is 0 Å². The molecule has 2 saturated heterocycles. The normalized spacial score (nSPS) is 23.1. The first-order chi connectivity index (χ1) is 10.8. The largest absolute Gasteiger partial charge is 0.481 e. The predicted molar refractivity (Wildman–Crippen MR) is 83.3 cm³/mol. The Morgan fingerprint density at radius 3 is 2.52 bits per heavy atom. The number of carboxylic acid groups (broad SMARTS) is 1. The van der Waals surface area contributed by atoms with Gasteiger partial charge < -0.3 is 15.3 Å². The zero-order valence-corrected chi connectivity index (χ0v) is 13.9. The number of piperidine rings is 1. The van der Waals surface area contributed by atoms with E-state index in [9.17, 15) is 19.5 Å². The number of carbonyl (C=O) groups excluding carboxylic acids is 2. The van der Waals surface area contributed by atoms with Crippen LogP contribution in [0.4, 0.5) is 0 Å². The molecule has 3 rings (SSSR count). The van der Waals surface area contributed by atoms with E-state index in [-0.39, 0.29) is 18.2 Å². The molecule has 23 heavy (non-hydrogen) atoms. The van der Waals surface area contributed by atoms with E-state index in [0.717, 1.165) is 10.7 Å². The number of nitrogens with one attached hydrogen (secondary N) is 1. The number of carboxylic acids is 1. The van der Waals surface area contributed by atoms with Gasteiger partial charge in [-0.3, -0.25) is 14.4 Å². The molecule has 0 aliphatic carbocycles. The lowest BCUT2D eigenvalue weighted by Gasteiger charge is -2.41. The lowest BCUT2D eigenvalue weighted by molar-refractivity contribution is -0.144. The third-order valence-corrected chi connectivity index (χ3v) is 5.84. The number of likely N-dealkylation sites (tertiary alicyclic amines) is 1.